The van der Waals surface area contributed by atoms with E-state index in [0.29, 0.717) is 12.2 Å². The highest BCUT2D eigenvalue weighted by Crippen LogP contribution is 2.33. The molecule has 4 nitrogen and oxygen atoms in total. The van der Waals surface area contributed by atoms with Crippen molar-refractivity contribution < 1.29 is 4.79 Å². The quantitative estimate of drug-likeness (QED) is 0.265. The second-order valence-corrected chi connectivity index (χ2v) is 9.69. The summed E-state index contributed by atoms with van der Waals surface area (Å²) in [6.07, 6.45) is 1.31. The fourth-order valence-corrected chi connectivity index (χ4v) is 4.72. The van der Waals surface area contributed by atoms with Gasteiger partial charge in [-0.15, -0.1) is 0 Å². The number of aromatic nitrogens is 2. The fourth-order valence-electron chi connectivity index (χ4n) is 3.91. The van der Waals surface area contributed by atoms with Crippen molar-refractivity contribution in [1.82, 2.24) is 9.97 Å². The topological polar surface area (TPSA) is 57.8 Å². The monoisotopic (exact) mass is 469 g/mol. The Hall–Kier alpha value is -3.31. The lowest BCUT2D eigenvalue weighted by molar-refractivity contribution is -0.115. The normalized spacial score (nSPS) is 10.9. The summed E-state index contributed by atoms with van der Waals surface area (Å²) in [5, 5.41) is 3.94. The fraction of sp³-hybridized carbons (Fsp3) is 0.241. The van der Waals surface area contributed by atoms with Crippen molar-refractivity contribution >= 4 is 23.4 Å². The molecule has 0 spiro atoms. The Balaban J connectivity index is 1.49. The Morgan fingerprint density at radius 2 is 1.56 bits per heavy atom. The van der Waals surface area contributed by atoms with Gasteiger partial charge >= 0.3 is 0 Å². The number of imidazole rings is 1. The Labute approximate surface area is 206 Å². The highest BCUT2D eigenvalue weighted by atomic mass is 32.2. The lowest BCUT2D eigenvalue weighted by atomic mass is 10.0. The molecular weight excluding hydrogens is 438 g/mol. The minimum absolute atomic E-state index is 0.0283. The molecule has 0 saturated heterocycles. The van der Waals surface area contributed by atoms with E-state index >= 15 is 0 Å². The smallest absolute Gasteiger partial charge is 0.225 e. The molecule has 0 atom stereocenters. The molecule has 4 aromatic rings. The predicted octanol–water partition coefficient (Wildman–Crippen LogP) is 7.35. The molecule has 0 unspecified atom stereocenters. The number of para-hydroxylation sites is 1. The van der Waals surface area contributed by atoms with Crippen molar-refractivity contribution in [2.24, 2.45) is 0 Å². The number of hydrogen-bond donors (Lipinski definition) is 2. The van der Waals surface area contributed by atoms with Crippen molar-refractivity contribution in [3.05, 3.63) is 89.0 Å². The van der Waals surface area contributed by atoms with Gasteiger partial charge in [0.1, 0.15) is 0 Å². The predicted molar refractivity (Wildman–Crippen MR) is 143 cm³/mol. The Morgan fingerprint density at radius 1 is 0.912 bits per heavy atom. The zero-order valence-electron chi connectivity index (χ0n) is 20.2. The van der Waals surface area contributed by atoms with Crippen LogP contribution in [0.5, 0.6) is 0 Å². The number of hydrogen-bond acceptors (Lipinski definition) is 3. The van der Waals surface area contributed by atoms with E-state index in [2.05, 4.69) is 85.7 Å². The molecule has 0 bridgehead atoms. The molecule has 2 N–H and O–H groups in total. The van der Waals surface area contributed by atoms with Crippen LogP contribution in [0.15, 0.2) is 71.9 Å². The van der Waals surface area contributed by atoms with Gasteiger partial charge in [-0.2, -0.15) is 0 Å². The molecule has 1 amide bonds. The van der Waals surface area contributed by atoms with Gasteiger partial charge < -0.3 is 10.3 Å². The van der Waals surface area contributed by atoms with Crippen LogP contribution in [-0.4, -0.2) is 21.6 Å². The lowest BCUT2D eigenvalue weighted by Gasteiger charge is -2.12. The van der Waals surface area contributed by atoms with E-state index in [0.717, 1.165) is 50.9 Å². The van der Waals surface area contributed by atoms with Crippen molar-refractivity contribution in [2.75, 3.05) is 11.1 Å². The molecule has 0 aliphatic rings. The number of thioether (sulfide) groups is 1. The number of nitrogens with zero attached hydrogens (tertiary/aromatic N) is 1. The number of carbonyl (C=O) groups is 1. The molecule has 0 aliphatic heterocycles. The first-order valence-electron chi connectivity index (χ1n) is 11.7. The van der Waals surface area contributed by atoms with Crippen molar-refractivity contribution in [2.45, 2.75) is 45.7 Å². The number of aromatic amines is 1. The number of anilines is 1. The highest BCUT2D eigenvalue weighted by molar-refractivity contribution is 7.99. The van der Waals surface area contributed by atoms with Gasteiger partial charge in [0, 0.05) is 29.0 Å². The zero-order valence-corrected chi connectivity index (χ0v) is 21.1. The van der Waals surface area contributed by atoms with Gasteiger partial charge in [0.05, 0.1) is 11.4 Å². The third kappa shape index (κ3) is 5.60. The van der Waals surface area contributed by atoms with E-state index in [1.807, 2.05) is 19.1 Å². The van der Waals surface area contributed by atoms with E-state index in [1.54, 1.807) is 11.8 Å². The summed E-state index contributed by atoms with van der Waals surface area (Å²) < 4.78 is 0. The van der Waals surface area contributed by atoms with E-state index in [9.17, 15) is 4.79 Å². The first kappa shape index (κ1) is 23.8. The first-order chi connectivity index (χ1) is 16.4. The van der Waals surface area contributed by atoms with Crippen LogP contribution in [0, 0.1) is 20.8 Å². The molecule has 1 aromatic heterocycles. The molecule has 4 rings (SSSR count). The van der Waals surface area contributed by atoms with Crippen LogP contribution in [0.2, 0.25) is 0 Å². The minimum Gasteiger partial charge on any atom is -0.332 e. The molecular formula is C29H31N3OS. The molecule has 174 valence electrons. The molecule has 3 aromatic carbocycles. The van der Waals surface area contributed by atoms with Gasteiger partial charge in [0.2, 0.25) is 5.91 Å². The maximum atomic E-state index is 12.6. The molecule has 34 heavy (non-hydrogen) atoms. The van der Waals surface area contributed by atoms with E-state index < -0.39 is 0 Å². The number of benzene rings is 3. The second-order valence-electron chi connectivity index (χ2n) is 8.61. The van der Waals surface area contributed by atoms with Gasteiger partial charge in [-0.25, -0.2) is 4.98 Å². The molecule has 0 radical (unpaired) electrons. The highest BCUT2D eigenvalue weighted by Gasteiger charge is 2.15. The SMILES string of the molecule is CCc1cccc(C)c1NC(=O)CCSc1nc(-c2ccc(C)cc2)c(-c2ccc(C)cc2)[nH]1. The largest absolute Gasteiger partial charge is 0.332 e. The second kappa shape index (κ2) is 10.7. The summed E-state index contributed by atoms with van der Waals surface area (Å²) in [5.41, 5.74) is 9.76. The van der Waals surface area contributed by atoms with E-state index in [4.69, 9.17) is 4.98 Å². The summed E-state index contributed by atoms with van der Waals surface area (Å²) in [6.45, 7) is 8.31. The maximum Gasteiger partial charge on any atom is 0.225 e. The minimum atomic E-state index is 0.0283. The van der Waals surface area contributed by atoms with Gasteiger partial charge in [0.25, 0.3) is 0 Å². The summed E-state index contributed by atoms with van der Waals surface area (Å²) in [7, 11) is 0. The molecule has 0 aliphatic carbocycles. The Bertz CT molecular complexity index is 1210. The number of H-pyrrole nitrogens is 1. The van der Waals surface area contributed by atoms with E-state index in [-0.39, 0.29) is 5.91 Å². The molecule has 5 heteroatoms. The van der Waals surface area contributed by atoms with Crippen molar-refractivity contribution in [1.29, 1.82) is 0 Å². The standard InChI is InChI=1S/C29H31N3OS/c1-5-22-8-6-7-21(4)26(22)30-25(33)17-18-34-29-31-27(23-13-9-19(2)10-14-23)28(32-29)24-15-11-20(3)12-16-24/h6-16H,5,17-18H2,1-4H3,(H,30,33)(H,31,32). The van der Waals surface area contributed by atoms with Crippen LogP contribution < -0.4 is 5.32 Å². The van der Waals surface area contributed by atoms with Crippen LogP contribution in [-0.2, 0) is 11.2 Å². The average molecular weight is 470 g/mol. The van der Waals surface area contributed by atoms with Crippen LogP contribution in [0.1, 0.15) is 35.6 Å². The first-order valence-corrected chi connectivity index (χ1v) is 12.7. The van der Waals surface area contributed by atoms with Crippen LogP contribution >= 0.6 is 11.8 Å². The summed E-state index contributed by atoms with van der Waals surface area (Å²) in [6, 6.07) is 23.0. The van der Waals surface area contributed by atoms with Crippen LogP contribution in [0.3, 0.4) is 0 Å². The molecule has 0 saturated carbocycles. The number of rotatable bonds is 8. The molecule has 1 heterocycles. The zero-order chi connectivity index (χ0) is 24.1. The number of nitrogens with one attached hydrogen (secondary N) is 2. The summed E-state index contributed by atoms with van der Waals surface area (Å²) >= 11 is 1.58. The number of aryl methyl sites for hydroxylation is 4. The van der Waals surface area contributed by atoms with Crippen LogP contribution in [0.25, 0.3) is 22.5 Å². The average Bonchev–Trinajstić information content (AvgIpc) is 3.25. The van der Waals surface area contributed by atoms with Crippen LogP contribution in [0.4, 0.5) is 5.69 Å². The Kier molecular flexibility index (Phi) is 7.53. The number of carbonyl (C=O) groups excluding carboxylic acids is 1. The third-order valence-corrected chi connectivity index (χ3v) is 6.79. The Morgan fingerprint density at radius 3 is 2.21 bits per heavy atom. The maximum absolute atomic E-state index is 12.6. The molecule has 0 fully saturated rings. The third-order valence-electron chi connectivity index (χ3n) is 5.92. The summed E-state index contributed by atoms with van der Waals surface area (Å²) in [5.74, 6) is 0.674. The van der Waals surface area contributed by atoms with Gasteiger partial charge in [0.15, 0.2) is 5.16 Å². The van der Waals surface area contributed by atoms with Gasteiger partial charge in [-0.05, 0) is 38.3 Å². The summed E-state index contributed by atoms with van der Waals surface area (Å²) in [4.78, 5) is 21.1. The van der Waals surface area contributed by atoms with Crippen molar-refractivity contribution in [3.8, 4) is 22.5 Å². The van der Waals surface area contributed by atoms with Gasteiger partial charge in [-0.3, -0.25) is 4.79 Å². The number of amides is 1. The van der Waals surface area contributed by atoms with Gasteiger partial charge in [-0.1, -0.05) is 96.5 Å². The van der Waals surface area contributed by atoms with Crippen molar-refractivity contribution in [3.63, 3.8) is 0 Å². The van der Waals surface area contributed by atoms with E-state index in [1.165, 1.54) is 11.1 Å². The lowest BCUT2D eigenvalue weighted by Crippen LogP contribution is -2.14.